The van der Waals surface area contributed by atoms with Gasteiger partial charge in [-0.05, 0) is 17.5 Å². The number of hydrogen-bond acceptors (Lipinski definition) is 4. The smallest absolute Gasteiger partial charge is 0.258 e. The highest BCUT2D eigenvalue weighted by atomic mass is 32.1. The highest BCUT2D eigenvalue weighted by Gasteiger charge is 2.09. The zero-order valence-electron chi connectivity index (χ0n) is 12.3. The van der Waals surface area contributed by atoms with Gasteiger partial charge in [0.15, 0.2) is 5.13 Å². The molecule has 2 aromatic heterocycles. The maximum Gasteiger partial charge on any atom is 0.258 e. The molecule has 112 valence electrons. The van der Waals surface area contributed by atoms with E-state index in [0.29, 0.717) is 16.9 Å². The number of nitrogens with one attached hydrogen (secondary N) is 1. The molecule has 0 spiro atoms. The third-order valence-electron chi connectivity index (χ3n) is 3.45. The molecule has 22 heavy (non-hydrogen) atoms. The normalized spacial score (nSPS) is 10.8. The van der Waals surface area contributed by atoms with E-state index < -0.39 is 0 Å². The number of hydrogen-bond donors (Lipinski definition) is 1. The van der Waals surface area contributed by atoms with Crippen LogP contribution in [0.4, 0.5) is 5.13 Å². The quantitative estimate of drug-likeness (QED) is 0.808. The van der Waals surface area contributed by atoms with Crippen LogP contribution in [-0.2, 0) is 11.8 Å². The van der Waals surface area contributed by atoms with Crippen molar-refractivity contribution in [1.82, 2.24) is 9.55 Å². The Morgan fingerprint density at radius 2 is 2.18 bits per heavy atom. The van der Waals surface area contributed by atoms with E-state index in [2.05, 4.69) is 10.3 Å². The lowest BCUT2D eigenvalue weighted by Crippen LogP contribution is -2.15. The van der Waals surface area contributed by atoms with Gasteiger partial charge in [-0.2, -0.15) is 0 Å². The molecular formula is C16H15N3O2S. The van der Waals surface area contributed by atoms with Crippen LogP contribution in [0.15, 0.2) is 40.6 Å². The highest BCUT2D eigenvalue weighted by Crippen LogP contribution is 2.26. The summed E-state index contributed by atoms with van der Waals surface area (Å²) in [6.45, 7) is 1.79. The van der Waals surface area contributed by atoms with E-state index in [1.807, 2.05) is 29.6 Å². The van der Waals surface area contributed by atoms with Crippen LogP contribution < -0.4 is 10.9 Å². The van der Waals surface area contributed by atoms with Crippen molar-refractivity contribution in [3.63, 3.8) is 0 Å². The minimum atomic E-state index is -0.0618. The van der Waals surface area contributed by atoms with Crippen molar-refractivity contribution < 1.29 is 4.79 Å². The summed E-state index contributed by atoms with van der Waals surface area (Å²) in [5, 5.41) is 6.75. The Balaban J connectivity index is 2.02. The number of amides is 1. The minimum Gasteiger partial charge on any atom is -0.318 e. The Morgan fingerprint density at radius 1 is 1.36 bits per heavy atom. The monoisotopic (exact) mass is 313 g/mol. The highest BCUT2D eigenvalue weighted by molar-refractivity contribution is 7.14. The Labute approximate surface area is 131 Å². The minimum absolute atomic E-state index is 0.0333. The number of carbonyl (C=O) groups is 1. The molecule has 6 heteroatoms. The van der Waals surface area contributed by atoms with E-state index in [4.69, 9.17) is 0 Å². The van der Waals surface area contributed by atoms with Crippen molar-refractivity contribution >= 4 is 33.1 Å². The van der Waals surface area contributed by atoms with Gasteiger partial charge >= 0.3 is 0 Å². The standard InChI is InChI=1S/C16H15N3O2S/c1-3-14(20)18-16-17-13(9-22-16)11-5-4-10-6-7-19(2)15(21)12(10)8-11/h4-9H,3H2,1-2H3,(H,17,18,20). The van der Waals surface area contributed by atoms with E-state index in [1.165, 1.54) is 11.3 Å². The molecule has 2 heterocycles. The number of anilines is 1. The van der Waals surface area contributed by atoms with Crippen LogP contribution in [0.3, 0.4) is 0 Å². The first-order valence-electron chi connectivity index (χ1n) is 6.93. The molecule has 0 fully saturated rings. The Kier molecular flexibility index (Phi) is 3.77. The number of pyridine rings is 1. The lowest BCUT2D eigenvalue weighted by Gasteiger charge is -2.03. The van der Waals surface area contributed by atoms with Crippen molar-refractivity contribution in [2.24, 2.45) is 7.05 Å². The molecule has 0 aliphatic heterocycles. The molecule has 1 aromatic carbocycles. The van der Waals surface area contributed by atoms with Gasteiger partial charge in [0.25, 0.3) is 5.56 Å². The van der Waals surface area contributed by atoms with Crippen molar-refractivity contribution in [3.05, 3.63) is 46.2 Å². The van der Waals surface area contributed by atoms with E-state index >= 15 is 0 Å². The van der Waals surface area contributed by atoms with E-state index in [0.717, 1.165) is 16.6 Å². The van der Waals surface area contributed by atoms with Gasteiger partial charge < -0.3 is 9.88 Å². The summed E-state index contributed by atoms with van der Waals surface area (Å²) in [6, 6.07) is 7.60. The SMILES string of the molecule is CCC(=O)Nc1nc(-c2ccc3ccn(C)c(=O)c3c2)cs1. The van der Waals surface area contributed by atoms with E-state index in [1.54, 1.807) is 24.7 Å². The summed E-state index contributed by atoms with van der Waals surface area (Å²) in [6.07, 6.45) is 2.17. The molecule has 0 bridgehead atoms. The zero-order valence-corrected chi connectivity index (χ0v) is 13.1. The summed E-state index contributed by atoms with van der Waals surface area (Å²) in [7, 11) is 1.73. The second-order valence-electron chi connectivity index (χ2n) is 4.97. The number of nitrogens with zero attached hydrogens (tertiary/aromatic N) is 2. The van der Waals surface area contributed by atoms with Gasteiger partial charge in [0.1, 0.15) is 0 Å². The third kappa shape index (κ3) is 2.65. The first-order chi connectivity index (χ1) is 10.6. The molecule has 0 unspecified atom stereocenters. The summed E-state index contributed by atoms with van der Waals surface area (Å²) in [5.74, 6) is -0.0618. The van der Waals surface area contributed by atoms with Crippen molar-refractivity contribution in [1.29, 1.82) is 0 Å². The third-order valence-corrected chi connectivity index (χ3v) is 4.21. The number of aryl methyl sites for hydroxylation is 1. The van der Waals surface area contributed by atoms with Gasteiger partial charge in [0, 0.05) is 36.0 Å². The van der Waals surface area contributed by atoms with Crippen LogP contribution in [0.1, 0.15) is 13.3 Å². The summed E-state index contributed by atoms with van der Waals surface area (Å²) in [5.41, 5.74) is 1.59. The summed E-state index contributed by atoms with van der Waals surface area (Å²) >= 11 is 1.37. The Morgan fingerprint density at radius 3 is 2.95 bits per heavy atom. The number of aromatic nitrogens is 2. The Bertz CT molecular complexity index is 911. The number of benzene rings is 1. The van der Waals surface area contributed by atoms with Gasteiger partial charge in [-0.15, -0.1) is 11.3 Å². The van der Waals surface area contributed by atoms with Crippen molar-refractivity contribution in [2.75, 3.05) is 5.32 Å². The largest absolute Gasteiger partial charge is 0.318 e. The molecule has 0 saturated carbocycles. The molecule has 0 aliphatic carbocycles. The van der Waals surface area contributed by atoms with Crippen LogP contribution in [0.2, 0.25) is 0 Å². The van der Waals surface area contributed by atoms with E-state index in [9.17, 15) is 9.59 Å². The second-order valence-corrected chi connectivity index (χ2v) is 5.83. The van der Waals surface area contributed by atoms with Crippen LogP contribution in [-0.4, -0.2) is 15.5 Å². The molecule has 1 N–H and O–H groups in total. The maximum atomic E-state index is 12.2. The lowest BCUT2D eigenvalue weighted by atomic mass is 10.1. The molecule has 0 aliphatic rings. The lowest BCUT2D eigenvalue weighted by molar-refractivity contribution is -0.115. The average molecular weight is 313 g/mol. The average Bonchev–Trinajstić information content (AvgIpc) is 2.99. The van der Waals surface area contributed by atoms with Crippen molar-refractivity contribution in [2.45, 2.75) is 13.3 Å². The Hall–Kier alpha value is -2.47. The van der Waals surface area contributed by atoms with Gasteiger partial charge in [0.2, 0.25) is 5.91 Å². The van der Waals surface area contributed by atoms with Crippen LogP contribution in [0, 0.1) is 0 Å². The van der Waals surface area contributed by atoms with Gasteiger partial charge in [-0.1, -0.05) is 19.1 Å². The molecular weight excluding hydrogens is 298 g/mol. The summed E-state index contributed by atoms with van der Waals surface area (Å²) in [4.78, 5) is 28.0. The molecule has 0 atom stereocenters. The number of fused-ring (bicyclic) bond motifs is 1. The topological polar surface area (TPSA) is 64.0 Å². The zero-order chi connectivity index (χ0) is 15.7. The van der Waals surface area contributed by atoms with Crippen LogP contribution in [0.5, 0.6) is 0 Å². The first-order valence-corrected chi connectivity index (χ1v) is 7.81. The van der Waals surface area contributed by atoms with Crippen LogP contribution in [0.25, 0.3) is 22.0 Å². The van der Waals surface area contributed by atoms with Gasteiger partial charge in [-0.25, -0.2) is 4.98 Å². The molecule has 0 saturated heterocycles. The fraction of sp³-hybridized carbons (Fsp3) is 0.188. The molecule has 1 amide bonds. The molecule has 5 nitrogen and oxygen atoms in total. The van der Waals surface area contributed by atoms with Crippen LogP contribution >= 0.6 is 11.3 Å². The van der Waals surface area contributed by atoms with Gasteiger partial charge in [-0.3, -0.25) is 9.59 Å². The van der Waals surface area contributed by atoms with Gasteiger partial charge in [0.05, 0.1) is 5.69 Å². The fourth-order valence-corrected chi connectivity index (χ4v) is 2.90. The number of thiazole rings is 1. The maximum absolute atomic E-state index is 12.2. The van der Waals surface area contributed by atoms with Crippen molar-refractivity contribution in [3.8, 4) is 11.3 Å². The second kappa shape index (κ2) is 5.73. The fourth-order valence-electron chi connectivity index (χ4n) is 2.17. The molecule has 0 radical (unpaired) electrons. The first kappa shape index (κ1) is 14.5. The predicted molar refractivity (Wildman–Crippen MR) is 89.2 cm³/mol. The number of carbonyl (C=O) groups excluding carboxylic acids is 1. The predicted octanol–water partition coefficient (Wildman–Crippen LogP) is 3.01. The molecule has 3 aromatic rings. The summed E-state index contributed by atoms with van der Waals surface area (Å²) < 4.78 is 1.56. The number of rotatable bonds is 3. The molecule has 3 rings (SSSR count). The van der Waals surface area contributed by atoms with E-state index in [-0.39, 0.29) is 11.5 Å².